The van der Waals surface area contributed by atoms with Crippen LogP contribution in [0.1, 0.15) is 22.7 Å². The molecule has 0 saturated carbocycles. The number of aromatic nitrogens is 2. The summed E-state index contributed by atoms with van der Waals surface area (Å²) in [6.45, 7) is 1.95. The number of hydrogen-bond donors (Lipinski definition) is 1. The molecule has 6 nitrogen and oxygen atoms in total. The molecule has 1 N–H and O–H groups in total. The van der Waals surface area contributed by atoms with Crippen LogP contribution in [-0.2, 0) is 9.59 Å². The molecule has 1 fully saturated rings. The smallest absolute Gasteiger partial charge is 0.301 e. The predicted molar refractivity (Wildman–Crippen MR) is 125 cm³/mol. The van der Waals surface area contributed by atoms with Gasteiger partial charge in [0, 0.05) is 23.0 Å². The summed E-state index contributed by atoms with van der Waals surface area (Å²) in [5.74, 6) is -1.75. The highest BCUT2D eigenvalue weighted by atomic mass is 35.5. The minimum Gasteiger partial charge on any atom is -0.507 e. The van der Waals surface area contributed by atoms with Crippen molar-refractivity contribution in [2.24, 2.45) is 0 Å². The van der Waals surface area contributed by atoms with Crippen LogP contribution >= 0.6 is 22.9 Å². The Morgan fingerprint density at radius 3 is 2.50 bits per heavy atom. The normalized spacial score (nSPS) is 17.9. The second kappa shape index (κ2) is 7.85. The number of anilines is 1. The van der Waals surface area contributed by atoms with Gasteiger partial charge in [0.2, 0.25) is 0 Å². The number of hydrogen-bond acceptors (Lipinski definition) is 6. The van der Waals surface area contributed by atoms with Gasteiger partial charge in [0.05, 0.1) is 21.8 Å². The zero-order valence-electron chi connectivity index (χ0n) is 16.8. The number of carbonyl (C=O) groups is 2. The Kier molecular flexibility index (Phi) is 5.00. The van der Waals surface area contributed by atoms with Crippen LogP contribution in [0.15, 0.2) is 72.6 Å². The Hall–Kier alpha value is -3.55. The molecule has 1 atom stereocenters. The summed E-state index contributed by atoms with van der Waals surface area (Å²) in [5, 5.41) is 12.0. The predicted octanol–water partition coefficient (Wildman–Crippen LogP) is 5.28. The first-order chi connectivity index (χ1) is 15.4. The first-order valence-corrected chi connectivity index (χ1v) is 11.0. The average Bonchev–Trinajstić information content (AvgIpc) is 3.32. The van der Waals surface area contributed by atoms with Crippen molar-refractivity contribution in [3.05, 3.63) is 94.3 Å². The van der Waals surface area contributed by atoms with E-state index in [4.69, 9.17) is 11.6 Å². The number of ketones is 1. The number of Topliss-reactive ketones (excluding diaryl/α,β-unsaturated/α-hetero) is 1. The van der Waals surface area contributed by atoms with Gasteiger partial charge in [-0.25, -0.2) is 4.98 Å². The van der Waals surface area contributed by atoms with Gasteiger partial charge < -0.3 is 5.11 Å². The Morgan fingerprint density at radius 2 is 1.78 bits per heavy atom. The van der Waals surface area contributed by atoms with E-state index >= 15 is 0 Å². The molecular formula is C24H16ClN3O3S. The van der Waals surface area contributed by atoms with Crippen LogP contribution in [-0.4, -0.2) is 26.8 Å². The van der Waals surface area contributed by atoms with E-state index in [2.05, 4.69) is 9.97 Å². The molecule has 5 rings (SSSR count). The largest absolute Gasteiger partial charge is 0.507 e. The quantitative estimate of drug-likeness (QED) is 0.255. The van der Waals surface area contributed by atoms with Crippen LogP contribution in [0.2, 0.25) is 5.02 Å². The van der Waals surface area contributed by atoms with Crippen LogP contribution in [0.4, 0.5) is 5.13 Å². The van der Waals surface area contributed by atoms with Crippen molar-refractivity contribution in [1.29, 1.82) is 0 Å². The number of aryl methyl sites for hydroxylation is 1. The molecule has 2 aromatic carbocycles. The summed E-state index contributed by atoms with van der Waals surface area (Å²) in [6, 6.07) is 15.1. The van der Waals surface area contributed by atoms with Crippen LogP contribution in [0, 0.1) is 6.92 Å². The number of carbonyl (C=O) groups excluding carboxylic acids is 2. The van der Waals surface area contributed by atoms with E-state index in [-0.39, 0.29) is 11.3 Å². The topological polar surface area (TPSA) is 83.4 Å². The number of nitrogens with zero attached hydrogens (tertiary/aromatic N) is 3. The number of aliphatic hydroxyl groups is 1. The van der Waals surface area contributed by atoms with E-state index in [1.165, 1.54) is 28.6 Å². The molecule has 1 saturated heterocycles. The maximum atomic E-state index is 13.2. The van der Waals surface area contributed by atoms with Gasteiger partial charge in [-0.3, -0.25) is 19.5 Å². The molecule has 1 aliphatic rings. The summed E-state index contributed by atoms with van der Waals surface area (Å²) in [5.41, 5.74) is 2.83. The van der Waals surface area contributed by atoms with E-state index in [0.717, 1.165) is 10.3 Å². The third-order valence-corrected chi connectivity index (χ3v) is 6.59. The number of rotatable bonds is 3. The van der Waals surface area contributed by atoms with Gasteiger partial charge in [-0.05, 0) is 42.8 Å². The van der Waals surface area contributed by atoms with Crippen molar-refractivity contribution in [3.63, 3.8) is 0 Å². The number of aliphatic hydroxyl groups excluding tert-OH is 1. The minimum absolute atomic E-state index is 0.0161. The molecule has 158 valence electrons. The second-order valence-corrected chi connectivity index (χ2v) is 8.87. The number of pyridine rings is 1. The molecule has 1 unspecified atom stereocenters. The van der Waals surface area contributed by atoms with E-state index in [0.29, 0.717) is 26.8 Å². The van der Waals surface area contributed by atoms with Gasteiger partial charge in [0.25, 0.3) is 5.78 Å². The number of amides is 1. The van der Waals surface area contributed by atoms with E-state index in [9.17, 15) is 14.7 Å². The van der Waals surface area contributed by atoms with E-state index < -0.39 is 17.7 Å². The van der Waals surface area contributed by atoms with Gasteiger partial charge in [-0.2, -0.15) is 0 Å². The molecule has 8 heteroatoms. The van der Waals surface area contributed by atoms with Crippen molar-refractivity contribution in [2.45, 2.75) is 13.0 Å². The third-order valence-electron chi connectivity index (χ3n) is 5.34. The van der Waals surface area contributed by atoms with Crippen LogP contribution in [0.25, 0.3) is 16.0 Å². The van der Waals surface area contributed by atoms with Gasteiger partial charge in [-0.1, -0.05) is 52.8 Å². The molecule has 2 aromatic heterocycles. The fourth-order valence-corrected chi connectivity index (χ4v) is 5.02. The van der Waals surface area contributed by atoms with Gasteiger partial charge in [0.1, 0.15) is 5.76 Å². The minimum atomic E-state index is -0.820. The molecule has 1 amide bonds. The SMILES string of the molecule is Cc1ccc(C2/C(=C(\O)c3ccncc3)C(=O)C(=O)N2c2nc3ccc(Cl)cc3s2)cc1. The van der Waals surface area contributed by atoms with E-state index in [1.807, 2.05) is 31.2 Å². The Labute approximate surface area is 192 Å². The lowest BCUT2D eigenvalue weighted by atomic mass is 9.95. The lowest BCUT2D eigenvalue weighted by Gasteiger charge is -2.23. The molecule has 0 spiro atoms. The molecule has 3 heterocycles. The molecule has 0 aliphatic carbocycles. The average molecular weight is 462 g/mol. The van der Waals surface area contributed by atoms with Crippen LogP contribution < -0.4 is 4.90 Å². The first-order valence-electron chi connectivity index (χ1n) is 9.78. The third kappa shape index (κ3) is 3.36. The fourth-order valence-electron chi connectivity index (χ4n) is 3.75. The standard InChI is InChI=1S/C24H16ClN3O3S/c1-13-2-4-14(5-3-13)20-19(21(29)15-8-10-26-11-9-15)22(30)23(31)28(20)24-27-17-7-6-16(25)12-18(17)32-24/h2-12,20,29H,1H3/b21-19+. The number of halogens is 1. The lowest BCUT2D eigenvalue weighted by Crippen LogP contribution is -2.29. The van der Waals surface area contributed by atoms with Gasteiger partial charge in [0.15, 0.2) is 5.13 Å². The Balaban J connectivity index is 1.73. The maximum Gasteiger partial charge on any atom is 0.301 e. The Morgan fingerprint density at radius 1 is 1.06 bits per heavy atom. The summed E-state index contributed by atoms with van der Waals surface area (Å²) in [4.78, 5) is 36.3. The molecule has 0 radical (unpaired) electrons. The Bertz CT molecular complexity index is 1400. The molecule has 0 bridgehead atoms. The highest BCUT2D eigenvalue weighted by molar-refractivity contribution is 7.22. The molecule has 1 aliphatic heterocycles. The number of fused-ring (bicyclic) bond motifs is 1. The van der Waals surface area contributed by atoms with Crippen molar-refractivity contribution in [3.8, 4) is 0 Å². The highest BCUT2D eigenvalue weighted by Gasteiger charge is 2.48. The van der Waals surface area contributed by atoms with Gasteiger partial charge in [-0.15, -0.1) is 0 Å². The van der Waals surface area contributed by atoms with Crippen molar-refractivity contribution >= 4 is 55.7 Å². The van der Waals surface area contributed by atoms with Crippen LogP contribution in [0.5, 0.6) is 0 Å². The summed E-state index contributed by atoms with van der Waals surface area (Å²) < 4.78 is 0.797. The zero-order chi connectivity index (χ0) is 22.4. The van der Waals surface area contributed by atoms with Crippen molar-refractivity contribution in [2.75, 3.05) is 4.90 Å². The highest BCUT2D eigenvalue weighted by Crippen LogP contribution is 2.44. The molecule has 4 aromatic rings. The van der Waals surface area contributed by atoms with Crippen LogP contribution in [0.3, 0.4) is 0 Å². The van der Waals surface area contributed by atoms with Gasteiger partial charge >= 0.3 is 5.91 Å². The summed E-state index contributed by atoms with van der Waals surface area (Å²) >= 11 is 7.38. The first kappa shape index (κ1) is 20.4. The van der Waals surface area contributed by atoms with Crippen molar-refractivity contribution in [1.82, 2.24) is 9.97 Å². The summed E-state index contributed by atoms with van der Waals surface area (Å²) in [6.07, 6.45) is 3.03. The summed E-state index contributed by atoms with van der Waals surface area (Å²) in [7, 11) is 0. The monoisotopic (exact) mass is 461 g/mol. The zero-order valence-corrected chi connectivity index (χ0v) is 18.4. The second-order valence-electron chi connectivity index (χ2n) is 7.42. The molecular weight excluding hydrogens is 446 g/mol. The van der Waals surface area contributed by atoms with E-state index in [1.54, 1.807) is 30.3 Å². The molecule has 32 heavy (non-hydrogen) atoms. The lowest BCUT2D eigenvalue weighted by molar-refractivity contribution is -0.132. The fraction of sp³-hybridized carbons (Fsp3) is 0.0833. The van der Waals surface area contributed by atoms with Crippen molar-refractivity contribution < 1.29 is 14.7 Å². The number of benzene rings is 2. The maximum absolute atomic E-state index is 13.2. The number of thiazole rings is 1.